The smallest absolute Gasteiger partial charge is 0.341 e. The van der Waals surface area contributed by atoms with Gasteiger partial charge in [0, 0.05) is 11.6 Å². The molecule has 0 radical (unpaired) electrons. The quantitative estimate of drug-likeness (QED) is 0.769. The Morgan fingerprint density at radius 1 is 1.44 bits per heavy atom. The fourth-order valence-corrected chi connectivity index (χ4v) is 1.67. The van der Waals surface area contributed by atoms with Crippen LogP contribution < -0.4 is 5.43 Å². The lowest BCUT2D eigenvalue weighted by Gasteiger charge is -2.03. The molecule has 0 atom stereocenters. The van der Waals surface area contributed by atoms with Crippen molar-refractivity contribution >= 4 is 16.9 Å². The molecule has 16 heavy (non-hydrogen) atoms. The molecule has 0 aliphatic rings. The van der Waals surface area contributed by atoms with E-state index in [4.69, 9.17) is 5.11 Å². The Labute approximate surface area is 89.3 Å². The zero-order valence-corrected chi connectivity index (χ0v) is 8.37. The topological polar surface area (TPSA) is 70.2 Å². The summed E-state index contributed by atoms with van der Waals surface area (Å²) in [4.78, 5) is 25.1. The molecule has 4 nitrogen and oxygen atoms in total. The van der Waals surface area contributed by atoms with Gasteiger partial charge >= 0.3 is 5.97 Å². The van der Waals surface area contributed by atoms with Gasteiger partial charge in [-0.1, -0.05) is 0 Å². The number of fused-ring (bicyclic) bond motifs is 1. The zero-order valence-electron chi connectivity index (χ0n) is 8.37. The van der Waals surface area contributed by atoms with E-state index in [-0.39, 0.29) is 10.9 Å². The second kappa shape index (κ2) is 3.44. The maximum atomic E-state index is 13.0. The Hall–Kier alpha value is -2.17. The molecule has 0 unspecified atom stereocenters. The lowest BCUT2D eigenvalue weighted by molar-refractivity contribution is 0.0695. The van der Waals surface area contributed by atoms with Crippen molar-refractivity contribution in [1.82, 2.24) is 4.98 Å². The molecule has 0 saturated heterocycles. The van der Waals surface area contributed by atoms with Crippen LogP contribution in [0.4, 0.5) is 4.39 Å². The number of hydrogen-bond acceptors (Lipinski definition) is 2. The predicted octanol–water partition coefficient (Wildman–Crippen LogP) is 1.67. The van der Waals surface area contributed by atoms with Gasteiger partial charge in [-0.2, -0.15) is 0 Å². The normalized spacial score (nSPS) is 10.6. The third kappa shape index (κ3) is 1.46. The first kappa shape index (κ1) is 10.4. The number of aryl methyl sites for hydroxylation is 1. The number of rotatable bonds is 1. The molecule has 2 rings (SSSR count). The number of pyridine rings is 1. The lowest BCUT2D eigenvalue weighted by atomic mass is 10.1. The average molecular weight is 221 g/mol. The molecule has 2 aromatic rings. The van der Waals surface area contributed by atoms with Crippen LogP contribution in [0.1, 0.15) is 15.9 Å². The van der Waals surface area contributed by atoms with E-state index in [1.54, 1.807) is 6.92 Å². The third-order valence-electron chi connectivity index (χ3n) is 2.37. The Morgan fingerprint density at radius 3 is 2.75 bits per heavy atom. The van der Waals surface area contributed by atoms with Gasteiger partial charge in [-0.05, 0) is 24.6 Å². The average Bonchev–Trinajstić information content (AvgIpc) is 2.15. The van der Waals surface area contributed by atoms with Crippen molar-refractivity contribution in [1.29, 1.82) is 0 Å². The molecule has 0 spiro atoms. The number of H-pyrrole nitrogens is 1. The molecule has 5 heteroatoms. The summed E-state index contributed by atoms with van der Waals surface area (Å²) in [5.41, 5.74) is -0.229. The zero-order chi connectivity index (χ0) is 11.9. The molecule has 0 aliphatic carbocycles. The highest BCUT2D eigenvalue weighted by Gasteiger charge is 2.13. The predicted molar refractivity (Wildman–Crippen MR) is 56.2 cm³/mol. The first-order chi connectivity index (χ1) is 7.50. The van der Waals surface area contributed by atoms with Gasteiger partial charge in [0.05, 0.1) is 5.52 Å². The highest BCUT2D eigenvalue weighted by atomic mass is 19.1. The fourth-order valence-electron chi connectivity index (χ4n) is 1.67. The van der Waals surface area contributed by atoms with Crippen molar-refractivity contribution in [3.63, 3.8) is 0 Å². The maximum Gasteiger partial charge on any atom is 0.341 e. The van der Waals surface area contributed by atoms with Crippen LogP contribution in [-0.4, -0.2) is 16.1 Å². The summed E-state index contributed by atoms with van der Waals surface area (Å²) in [5, 5.41) is 8.99. The molecular weight excluding hydrogens is 213 g/mol. The van der Waals surface area contributed by atoms with Gasteiger partial charge < -0.3 is 10.1 Å². The van der Waals surface area contributed by atoms with Crippen molar-refractivity contribution in [2.75, 3.05) is 0 Å². The Morgan fingerprint density at radius 2 is 2.12 bits per heavy atom. The van der Waals surface area contributed by atoms with Gasteiger partial charge in [-0.25, -0.2) is 9.18 Å². The lowest BCUT2D eigenvalue weighted by Crippen LogP contribution is -2.16. The summed E-state index contributed by atoms with van der Waals surface area (Å²) < 4.78 is 13.0. The van der Waals surface area contributed by atoms with Gasteiger partial charge in [-0.15, -0.1) is 0 Å². The second-order valence-corrected chi connectivity index (χ2v) is 3.48. The van der Waals surface area contributed by atoms with Crippen LogP contribution in [0.3, 0.4) is 0 Å². The fraction of sp³-hybridized carbons (Fsp3) is 0.0909. The first-order valence-corrected chi connectivity index (χ1v) is 4.55. The van der Waals surface area contributed by atoms with E-state index >= 15 is 0 Å². The van der Waals surface area contributed by atoms with Gasteiger partial charge in [0.2, 0.25) is 5.43 Å². The van der Waals surface area contributed by atoms with Crippen LogP contribution in [0.25, 0.3) is 10.9 Å². The number of halogens is 1. The third-order valence-corrected chi connectivity index (χ3v) is 2.37. The summed E-state index contributed by atoms with van der Waals surface area (Å²) in [5.74, 6) is -1.77. The number of aromatic carboxylic acids is 1. The van der Waals surface area contributed by atoms with E-state index in [0.29, 0.717) is 11.1 Å². The second-order valence-electron chi connectivity index (χ2n) is 3.48. The molecule has 0 bridgehead atoms. The van der Waals surface area contributed by atoms with Crippen LogP contribution >= 0.6 is 0 Å². The van der Waals surface area contributed by atoms with Crippen molar-refractivity contribution < 1.29 is 14.3 Å². The Balaban J connectivity index is 2.95. The molecule has 1 aromatic heterocycles. The minimum Gasteiger partial charge on any atom is -0.477 e. The summed E-state index contributed by atoms with van der Waals surface area (Å²) >= 11 is 0. The van der Waals surface area contributed by atoms with E-state index in [2.05, 4.69) is 4.98 Å². The number of carbonyl (C=O) groups is 1. The minimum absolute atomic E-state index is 0.210. The SMILES string of the molecule is Cc1cc(F)cc2[nH]cc(C(=O)O)c(=O)c12. The molecule has 82 valence electrons. The van der Waals surface area contributed by atoms with Gasteiger partial charge in [0.15, 0.2) is 0 Å². The number of carboxylic acids is 1. The van der Waals surface area contributed by atoms with Crippen LogP contribution in [0.15, 0.2) is 23.1 Å². The first-order valence-electron chi connectivity index (χ1n) is 4.55. The summed E-state index contributed by atoms with van der Waals surface area (Å²) in [6.45, 7) is 1.56. The number of aromatic nitrogens is 1. The summed E-state index contributed by atoms with van der Waals surface area (Å²) in [7, 11) is 0. The molecule has 1 heterocycles. The molecule has 0 fully saturated rings. The molecule has 0 amide bonds. The van der Waals surface area contributed by atoms with E-state index in [1.165, 1.54) is 6.07 Å². The van der Waals surface area contributed by atoms with Crippen LogP contribution in [0, 0.1) is 12.7 Å². The van der Waals surface area contributed by atoms with Gasteiger partial charge in [0.1, 0.15) is 11.4 Å². The summed E-state index contributed by atoms with van der Waals surface area (Å²) in [6, 6.07) is 2.36. The number of benzene rings is 1. The Bertz CT molecular complexity index is 645. The molecule has 1 aromatic carbocycles. The highest BCUT2D eigenvalue weighted by molar-refractivity contribution is 5.93. The van der Waals surface area contributed by atoms with Crippen molar-refractivity contribution in [3.8, 4) is 0 Å². The Kier molecular flexibility index (Phi) is 2.23. The highest BCUT2D eigenvalue weighted by Crippen LogP contribution is 2.15. The van der Waals surface area contributed by atoms with Crippen molar-refractivity contribution in [2.45, 2.75) is 6.92 Å². The largest absolute Gasteiger partial charge is 0.477 e. The van der Waals surface area contributed by atoms with E-state index in [1.807, 2.05) is 0 Å². The maximum absolute atomic E-state index is 13.0. The molecular formula is C11H8FNO3. The van der Waals surface area contributed by atoms with Crippen LogP contribution in [0.5, 0.6) is 0 Å². The van der Waals surface area contributed by atoms with E-state index in [0.717, 1.165) is 12.3 Å². The number of carboxylic acid groups (broad SMARTS) is 1. The number of nitrogens with one attached hydrogen (secondary N) is 1. The van der Waals surface area contributed by atoms with Crippen LogP contribution in [-0.2, 0) is 0 Å². The standard InChI is InChI=1S/C11H8FNO3/c1-5-2-6(12)3-8-9(5)10(14)7(4-13-8)11(15)16/h2-4H,1H3,(H,13,14)(H,15,16). The molecule has 2 N–H and O–H groups in total. The molecule has 0 aliphatic heterocycles. The monoisotopic (exact) mass is 221 g/mol. The van der Waals surface area contributed by atoms with Gasteiger partial charge in [0.25, 0.3) is 0 Å². The van der Waals surface area contributed by atoms with Gasteiger partial charge in [-0.3, -0.25) is 4.79 Å². The van der Waals surface area contributed by atoms with E-state index in [9.17, 15) is 14.0 Å². The molecule has 0 saturated carbocycles. The van der Waals surface area contributed by atoms with Crippen molar-refractivity contribution in [2.24, 2.45) is 0 Å². The summed E-state index contributed by atoms with van der Waals surface area (Å²) in [6.07, 6.45) is 1.08. The van der Waals surface area contributed by atoms with E-state index < -0.39 is 17.2 Å². The van der Waals surface area contributed by atoms with Crippen molar-refractivity contribution in [3.05, 3.63) is 45.5 Å². The minimum atomic E-state index is -1.30. The number of hydrogen-bond donors (Lipinski definition) is 2. The number of aromatic amines is 1. The van der Waals surface area contributed by atoms with Crippen LogP contribution in [0.2, 0.25) is 0 Å².